The Morgan fingerprint density at radius 1 is 0.970 bits per heavy atom. The highest BCUT2D eigenvalue weighted by atomic mass is 32.2. The van der Waals surface area contributed by atoms with E-state index in [-0.39, 0.29) is 31.9 Å². The van der Waals surface area contributed by atoms with Crippen LogP contribution in [0.5, 0.6) is 0 Å². The lowest BCUT2D eigenvalue weighted by Gasteiger charge is -2.34. The molecule has 2 aromatic carbocycles. The highest BCUT2D eigenvalue weighted by Crippen LogP contribution is 2.31. The molecular formula is C21H18F4N4O3S. The molecule has 7 nitrogen and oxygen atoms in total. The fourth-order valence-corrected chi connectivity index (χ4v) is 5.00. The van der Waals surface area contributed by atoms with Gasteiger partial charge in [0.25, 0.3) is 5.91 Å². The number of rotatable bonds is 4. The van der Waals surface area contributed by atoms with Gasteiger partial charge in [-0.25, -0.2) is 17.8 Å². The molecule has 0 saturated carbocycles. The predicted molar refractivity (Wildman–Crippen MR) is 110 cm³/mol. The molecule has 174 valence electrons. The molecule has 4 rings (SSSR count). The zero-order valence-electron chi connectivity index (χ0n) is 17.0. The van der Waals surface area contributed by atoms with Crippen LogP contribution in [-0.4, -0.2) is 59.3 Å². The van der Waals surface area contributed by atoms with Crippen LogP contribution in [0.3, 0.4) is 0 Å². The maximum Gasteiger partial charge on any atom is 0.416 e. The quantitative estimate of drug-likeness (QED) is 0.536. The average molecular weight is 482 g/mol. The van der Waals surface area contributed by atoms with Gasteiger partial charge in [-0.05, 0) is 42.5 Å². The highest BCUT2D eigenvalue weighted by molar-refractivity contribution is 7.89. The van der Waals surface area contributed by atoms with Gasteiger partial charge >= 0.3 is 6.18 Å². The summed E-state index contributed by atoms with van der Waals surface area (Å²) in [7, 11) is -4.16. The van der Waals surface area contributed by atoms with Crippen LogP contribution in [0, 0.1) is 5.82 Å². The molecule has 0 atom stereocenters. The fraction of sp³-hybridized carbons (Fsp3) is 0.238. The molecule has 1 aromatic heterocycles. The summed E-state index contributed by atoms with van der Waals surface area (Å²) in [6, 6.07) is 9.06. The van der Waals surface area contributed by atoms with E-state index in [1.165, 1.54) is 46.3 Å². The Hall–Kier alpha value is -3.25. The fourth-order valence-electron chi connectivity index (χ4n) is 3.54. The van der Waals surface area contributed by atoms with Gasteiger partial charge in [0.05, 0.1) is 23.0 Å². The second kappa shape index (κ2) is 8.60. The van der Waals surface area contributed by atoms with Crippen molar-refractivity contribution in [2.75, 3.05) is 26.2 Å². The lowest BCUT2D eigenvalue weighted by Crippen LogP contribution is -2.50. The Labute approximate surface area is 186 Å². The molecule has 0 aliphatic carbocycles. The van der Waals surface area contributed by atoms with E-state index in [1.807, 2.05) is 0 Å². The number of piperazine rings is 1. The third-order valence-electron chi connectivity index (χ3n) is 5.29. The molecule has 12 heteroatoms. The number of carbonyl (C=O) groups excluding carboxylic acids is 1. The van der Waals surface area contributed by atoms with E-state index in [4.69, 9.17) is 0 Å². The SMILES string of the molecule is O=C(c1cncn1-c1ccc(F)cc1)N1CCN(S(=O)(=O)c2cccc(C(F)(F)F)c2)CC1. The molecule has 0 spiro atoms. The van der Waals surface area contributed by atoms with Crippen molar-refractivity contribution >= 4 is 15.9 Å². The normalized spacial score (nSPS) is 15.6. The molecule has 1 saturated heterocycles. The number of hydrogen-bond acceptors (Lipinski definition) is 4. The molecule has 1 fully saturated rings. The summed E-state index contributed by atoms with van der Waals surface area (Å²) in [6.07, 6.45) is -1.89. The van der Waals surface area contributed by atoms with Crippen LogP contribution in [0.15, 0.2) is 66.0 Å². The van der Waals surface area contributed by atoms with E-state index in [9.17, 15) is 30.8 Å². The Kier molecular flexibility index (Phi) is 5.97. The summed E-state index contributed by atoms with van der Waals surface area (Å²) in [4.78, 5) is 18.0. The summed E-state index contributed by atoms with van der Waals surface area (Å²) in [5.74, 6) is -0.821. The summed E-state index contributed by atoms with van der Waals surface area (Å²) >= 11 is 0. The van der Waals surface area contributed by atoms with Crippen LogP contribution in [0.2, 0.25) is 0 Å². The monoisotopic (exact) mass is 482 g/mol. The van der Waals surface area contributed by atoms with Gasteiger partial charge in [-0.1, -0.05) is 6.07 Å². The number of alkyl halides is 3. The molecule has 33 heavy (non-hydrogen) atoms. The number of carbonyl (C=O) groups is 1. The largest absolute Gasteiger partial charge is 0.416 e. The van der Waals surface area contributed by atoms with E-state index in [0.717, 1.165) is 22.5 Å². The molecule has 0 bridgehead atoms. The van der Waals surface area contributed by atoms with Gasteiger partial charge in [-0.15, -0.1) is 0 Å². The smallest absolute Gasteiger partial charge is 0.335 e. The third kappa shape index (κ3) is 4.62. The molecule has 1 aliphatic heterocycles. The Morgan fingerprint density at radius 2 is 1.64 bits per heavy atom. The highest BCUT2D eigenvalue weighted by Gasteiger charge is 2.35. The second-order valence-electron chi connectivity index (χ2n) is 7.35. The first-order valence-corrected chi connectivity index (χ1v) is 11.3. The van der Waals surface area contributed by atoms with Crippen molar-refractivity contribution in [1.82, 2.24) is 18.8 Å². The van der Waals surface area contributed by atoms with Crippen molar-refractivity contribution in [3.05, 3.63) is 78.1 Å². The number of aromatic nitrogens is 2. The zero-order valence-corrected chi connectivity index (χ0v) is 17.9. The van der Waals surface area contributed by atoms with Gasteiger partial charge in [0, 0.05) is 31.9 Å². The first-order chi connectivity index (χ1) is 15.6. The summed E-state index contributed by atoms with van der Waals surface area (Å²) in [6.45, 7) is -0.0543. The van der Waals surface area contributed by atoms with Gasteiger partial charge in [0.1, 0.15) is 11.5 Å². The summed E-state index contributed by atoms with van der Waals surface area (Å²) in [5.41, 5.74) is -0.301. The van der Waals surface area contributed by atoms with Crippen molar-refractivity contribution < 1.29 is 30.8 Å². The van der Waals surface area contributed by atoms with Gasteiger partial charge < -0.3 is 4.90 Å². The maximum absolute atomic E-state index is 13.2. The van der Waals surface area contributed by atoms with Gasteiger partial charge in [-0.2, -0.15) is 17.5 Å². The Morgan fingerprint density at radius 3 is 2.27 bits per heavy atom. The van der Waals surface area contributed by atoms with Crippen LogP contribution in [0.4, 0.5) is 17.6 Å². The van der Waals surface area contributed by atoms with Crippen molar-refractivity contribution in [3.63, 3.8) is 0 Å². The molecule has 1 amide bonds. The van der Waals surface area contributed by atoms with E-state index >= 15 is 0 Å². The van der Waals surface area contributed by atoms with Gasteiger partial charge in [0.2, 0.25) is 10.0 Å². The minimum atomic E-state index is -4.66. The molecule has 1 aliphatic rings. The maximum atomic E-state index is 13.2. The van der Waals surface area contributed by atoms with Crippen LogP contribution < -0.4 is 0 Å². The Bertz CT molecular complexity index is 1270. The lowest BCUT2D eigenvalue weighted by atomic mass is 10.2. The average Bonchev–Trinajstić information content (AvgIpc) is 3.28. The standard InChI is InChI=1S/C21H18F4N4O3S/c22-16-4-6-17(7-5-16)29-14-26-13-19(29)20(30)27-8-10-28(11-9-27)33(31,32)18-3-1-2-15(12-18)21(23,24)25/h1-7,12-14H,8-11H2. The number of nitrogens with zero attached hydrogens (tertiary/aromatic N) is 4. The molecular weight excluding hydrogens is 464 g/mol. The third-order valence-corrected chi connectivity index (χ3v) is 7.18. The van der Waals surface area contributed by atoms with Crippen LogP contribution in [0.1, 0.15) is 16.1 Å². The summed E-state index contributed by atoms with van der Waals surface area (Å²) in [5, 5.41) is 0. The molecule has 0 unspecified atom stereocenters. The minimum Gasteiger partial charge on any atom is -0.335 e. The molecule has 0 radical (unpaired) electrons. The van der Waals surface area contributed by atoms with E-state index < -0.39 is 38.4 Å². The molecule has 3 aromatic rings. The van der Waals surface area contributed by atoms with Crippen molar-refractivity contribution in [2.24, 2.45) is 0 Å². The zero-order chi connectivity index (χ0) is 23.8. The number of hydrogen-bond donors (Lipinski definition) is 0. The molecule has 2 heterocycles. The minimum absolute atomic E-state index is 0.0472. The van der Waals surface area contributed by atoms with Crippen LogP contribution in [0.25, 0.3) is 5.69 Å². The van der Waals surface area contributed by atoms with Crippen molar-refractivity contribution in [3.8, 4) is 5.69 Å². The topological polar surface area (TPSA) is 75.5 Å². The van der Waals surface area contributed by atoms with E-state index in [2.05, 4.69) is 4.98 Å². The number of amides is 1. The van der Waals surface area contributed by atoms with Crippen LogP contribution in [-0.2, 0) is 16.2 Å². The first kappa shape index (κ1) is 22.9. The van der Waals surface area contributed by atoms with Crippen molar-refractivity contribution in [1.29, 1.82) is 0 Å². The Balaban J connectivity index is 1.48. The summed E-state index contributed by atoms with van der Waals surface area (Å²) < 4.78 is 80.4. The van der Waals surface area contributed by atoms with Crippen molar-refractivity contribution in [2.45, 2.75) is 11.1 Å². The van der Waals surface area contributed by atoms with Gasteiger partial charge in [0.15, 0.2) is 0 Å². The number of benzene rings is 2. The lowest BCUT2D eigenvalue weighted by molar-refractivity contribution is -0.137. The van der Waals surface area contributed by atoms with E-state index in [0.29, 0.717) is 11.8 Å². The number of imidazole rings is 1. The predicted octanol–water partition coefficient (Wildman–Crippen LogP) is 3.18. The molecule has 0 N–H and O–H groups in total. The van der Waals surface area contributed by atoms with E-state index in [1.54, 1.807) is 0 Å². The number of sulfonamides is 1. The number of halogens is 4. The van der Waals surface area contributed by atoms with Gasteiger partial charge in [-0.3, -0.25) is 9.36 Å². The second-order valence-corrected chi connectivity index (χ2v) is 9.29. The first-order valence-electron chi connectivity index (χ1n) is 9.82. The van der Waals surface area contributed by atoms with Crippen LogP contribution >= 0.6 is 0 Å².